The molecule has 0 aromatic heterocycles. The largest absolute Gasteiger partial charge is 0.305 e. The molecule has 3 aromatic carbocycles. The molecule has 0 radical (unpaired) electrons. The number of hydrogen-bond acceptors (Lipinski definition) is 1. The van der Waals surface area contributed by atoms with E-state index in [0.717, 1.165) is 6.54 Å². The predicted molar refractivity (Wildman–Crippen MR) is 119 cm³/mol. The van der Waals surface area contributed by atoms with Crippen LogP contribution in [0.1, 0.15) is 34.1 Å². The van der Waals surface area contributed by atoms with Gasteiger partial charge in [0, 0.05) is 18.4 Å². The van der Waals surface area contributed by atoms with Gasteiger partial charge in [0.1, 0.15) is 0 Å². The van der Waals surface area contributed by atoms with Crippen LogP contribution < -0.4 is 0 Å². The third-order valence-corrected chi connectivity index (χ3v) is 5.42. The quantitative estimate of drug-likeness (QED) is 0.484. The molecule has 0 heterocycles. The van der Waals surface area contributed by atoms with Crippen LogP contribution in [-0.2, 0) is 0 Å². The molecular weight excluding hydrogens is 338 g/mol. The van der Waals surface area contributed by atoms with Gasteiger partial charge in [0.15, 0.2) is 0 Å². The Balaban J connectivity index is 1.83. The Bertz CT molecular complexity index is 928. The maximum Gasteiger partial charge on any atom is 0.0343 e. The van der Waals surface area contributed by atoms with Crippen molar-refractivity contribution in [2.45, 2.75) is 11.8 Å². The van der Waals surface area contributed by atoms with Crippen LogP contribution in [0.3, 0.4) is 0 Å². The highest BCUT2D eigenvalue weighted by atomic mass is 15.0. The Kier molecular flexibility index (Phi) is 5.55. The van der Waals surface area contributed by atoms with Gasteiger partial charge in [-0.25, -0.2) is 0 Å². The summed E-state index contributed by atoms with van der Waals surface area (Å²) in [7, 11) is 4.28. The molecule has 0 spiro atoms. The number of hydrogen-bond donors (Lipinski definition) is 0. The highest BCUT2D eigenvalue weighted by Gasteiger charge is 2.25. The smallest absolute Gasteiger partial charge is 0.0343 e. The number of likely N-dealkylation sites (N-methyl/N-ethyl adjacent to an activating group) is 1. The maximum atomic E-state index is 2.34. The summed E-state index contributed by atoms with van der Waals surface area (Å²) >= 11 is 0. The van der Waals surface area contributed by atoms with Gasteiger partial charge in [0.25, 0.3) is 0 Å². The second kappa shape index (κ2) is 8.41. The van der Waals surface area contributed by atoms with Gasteiger partial charge in [-0.1, -0.05) is 103 Å². The molecule has 1 aliphatic carbocycles. The van der Waals surface area contributed by atoms with Crippen molar-refractivity contribution in [2.75, 3.05) is 20.6 Å². The minimum Gasteiger partial charge on any atom is -0.305 e. The zero-order valence-corrected chi connectivity index (χ0v) is 16.6. The molecule has 1 nitrogen and oxygen atoms in total. The first-order valence-corrected chi connectivity index (χ1v) is 9.94. The van der Waals surface area contributed by atoms with Crippen molar-refractivity contribution in [3.05, 3.63) is 131 Å². The molecule has 0 amide bonds. The molecule has 3 aromatic rings. The fourth-order valence-electron chi connectivity index (χ4n) is 4.24. The van der Waals surface area contributed by atoms with Crippen LogP contribution in [0.25, 0.3) is 0 Å². The molecule has 0 bridgehead atoms. The van der Waals surface area contributed by atoms with E-state index in [2.05, 4.69) is 122 Å². The van der Waals surface area contributed by atoms with E-state index in [9.17, 15) is 0 Å². The van der Waals surface area contributed by atoms with Crippen molar-refractivity contribution in [3.8, 4) is 0 Å². The lowest BCUT2D eigenvalue weighted by atomic mass is 9.79. The molecule has 1 aliphatic rings. The van der Waals surface area contributed by atoms with E-state index in [1.165, 1.54) is 27.8 Å². The highest BCUT2D eigenvalue weighted by molar-refractivity contribution is 5.52. The first-order chi connectivity index (χ1) is 13.7. The SMILES string of the molecule is CN(C)CC1=CC=CC1c1ccccc1C(c1ccccc1)c1ccccc1. The topological polar surface area (TPSA) is 3.24 Å². The molecule has 140 valence electrons. The van der Waals surface area contributed by atoms with Gasteiger partial charge in [-0.15, -0.1) is 0 Å². The molecule has 4 rings (SSSR count). The fraction of sp³-hybridized carbons (Fsp3) is 0.185. The summed E-state index contributed by atoms with van der Waals surface area (Å²) in [4.78, 5) is 2.25. The van der Waals surface area contributed by atoms with E-state index < -0.39 is 0 Å². The summed E-state index contributed by atoms with van der Waals surface area (Å²) in [6, 6.07) is 30.7. The molecule has 0 saturated carbocycles. The number of rotatable bonds is 6. The lowest BCUT2D eigenvalue weighted by Gasteiger charge is -2.26. The normalized spacial score (nSPS) is 16.0. The van der Waals surface area contributed by atoms with Gasteiger partial charge in [-0.3, -0.25) is 0 Å². The molecule has 28 heavy (non-hydrogen) atoms. The van der Waals surface area contributed by atoms with E-state index in [1.807, 2.05) is 0 Å². The van der Waals surface area contributed by atoms with Gasteiger partial charge in [0.05, 0.1) is 0 Å². The molecule has 1 atom stereocenters. The Morgan fingerprint density at radius 3 is 1.93 bits per heavy atom. The number of nitrogens with zero attached hydrogens (tertiary/aromatic N) is 1. The van der Waals surface area contributed by atoms with Gasteiger partial charge in [0.2, 0.25) is 0 Å². The van der Waals surface area contributed by atoms with Gasteiger partial charge >= 0.3 is 0 Å². The van der Waals surface area contributed by atoms with Crippen LogP contribution >= 0.6 is 0 Å². The van der Waals surface area contributed by atoms with E-state index in [-0.39, 0.29) is 5.92 Å². The van der Waals surface area contributed by atoms with E-state index >= 15 is 0 Å². The van der Waals surface area contributed by atoms with Gasteiger partial charge < -0.3 is 4.90 Å². The molecule has 0 fully saturated rings. The summed E-state index contributed by atoms with van der Waals surface area (Å²) in [5, 5.41) is 0. The monoisotopic (exact) mass is 365 g/mol. The summed E-state index contributed by atoms with van der Waals surface area (Å²) in [6.45, 7) is 0.980. The van der Waals surface area contributed by atoms with Crippen molar-refractivity contribution in [3.63, 3.8) is 0 Å². The summed E-state index contributed by atoms with van der Waals surface area (Å²) < 4.78 is 0. The molecular formula is C27H27N. The minimum absolute atomic E-state index is 0.230. The van der Waals surface area contributed by atoms with Gasteiger partial charge in [-0.2, -0.15) is 0 Å². The highest BCUT2D eigenvalue weighted by Crippen LogP contribution is 2.40. The molecule has 0 N–H and O–H groups in total. The molecule has 1 unspecified atom stereocenters. The third-order valence-electron chi connectivity index (χ3n) is 5.42. The Labute approximate surface area is 168 Å². The van der Waals surface area contributed by atoms with E-state index in [1.54, 1.807) is 0 Å². The van der Waals surface area contributed by atoms with Crippen molar-refractivity contribution in [1.29, 1.82) is 0 Å². The Morgan fingerprint density at radius 1 is 0.750 bits per heavy atom. The zero-order chi connectivity index (χ0) is 19.3. The van der Waals surface area contributed by atoms with Crippen LogP contribution in [0.5, 0.6) is 0 Å². The average Bonchev–Trinajstić information content (AvgIpc) is 3.17. The van der Waals surface area contributed by atoms with Crippen molar-refractivity contribution < 1.29 is 0 Å². The molecule has 1 heteroatoms. The third kappa shape index (κ3) is 3.85. The standard InChI is InChI=1S/C27H27N/c1-28(2)20-23-16-11-19-24(23)25-17-9-10-18-26(25)27(21-12-5-3-6-13-21)22-14-7-4-8-15-22/h3-19,24,27H,20H2,1-2H3. The first-order valence-electron chi connectivity index (χ1n) is 9.94. The van der Waals surface area contributed by atoms with Crippen LogP contribution in [-0.4, -0.2) is 25.5 Å². The lowest BCUT2D eigenvalue weighted by molar-refractivity contribution is 0.439. The second-order valence-corrected chi connectivity index (χ2v) is 7.73. The van der Waals surface area contributed by atoms with E-state index in [0.29, 0.717) is 5.92 Å². The average molecular weight is 366 g/mol. The van der Waals surface area contributed by atoms with Crippen molar-refractivity contribution in [2.24, 2.45) is 0 Å². The maximum absolute atomic E-state index is 2.34. The lowest BCUT2D eigenvalue weighted by Crippen LogP contribution is -2.18. The summed E-state index contributed by atoms with van der Waals surface area (Å²) in [5.41, 5.74) is 6.92. The summed E-state index contributed by atoms with van der Waals surface area (Å²) in [5.74, 6) is 0.571. The second-order valence-electron chi connectivity index (χ2n) is 7.73. The van der Waals surface area contributed by atoms with Crippen molar-refractivity contribution in [1.82, 2.24) is 4.90 Å². The Hall–Kier alpha value is -2.90. The Morgan fingerprint density at radius 2 is 1.32 bits per heavy atom. The molecule has 0 saturated heterocycles. The van der Waals surface area contributed by atoms with E-state index in [4.69, 9.17) is 0 Å². The molecule has 0 aliphatic heterocycles. The minimum atomic E-state index is 0.230. The fourth-order valence-corrected chi connectivity index (χ4v) is 4.24. The number of allylic oxidation sites excluding steroid dienone is 3. The van der Waals surface area contributed by atoms with Crippen LogP contribution in [0.2, 0.25) is 0 Å². The summed E-state index contributed by atoms with van der Waals surface area (Å²) in [6.07, 6.45) is 6.83. The predicted octanol–water partition coefficient (Wildman–Crippen LogP) is 6.01. The van der Waals surface area contributed by atoms with Gasteiger partial charge in [-0.05, 0) is 41.9 Å². The van der Waals surface area contributed by atoms with Crippen molar-refractivity contribution >= 4 is 0 Å². The first kappa shape index (κ1) is 18.5. The van der Waals surface area contributed by atoms with Crippen LogP contribution in [0.4, 0.5) is 0 Å². The number of benzene rings is 3. The van der Waals surface area contributed by atoms with Crippen LogP contribution in [0.15, 0.2) is 109 Å². The zero-order valence-electron chi connectivity index (χ0n) is 16.6. The van der Waals surface area contributed by atoms with Crippen LogP contribution in [0, 0.1) is 0 Å².